The first-order chi connectivity index (χ1) is 6.07. The van der Waals surface area contributed by atoms with Crippen molar-refractivity contribution in [3.63, 3.8) is 0 Å². The van der Waals surface area contributed by atoms with Gasteiger partial charge >= 0.3 is 0 Å². The summed E-state index contributed by atoms with van der Waals surface area (Å²) in [4.78, 5) is 0. The van der Waals surface area contributed by atoms with Crippen LogP contribution in [0.2, 0.25) is 0 Å². The van der Waals surface area contributed by atoms with Crippen molar-refractivity contribution in [2.24, 2.45) is 5.92 Å². The average molecular weight is 250 g/mol. The van der Waals surface area contributed by atoms with Crippen LogP contribution in [0.1, 0.15) is 20.8 Å². The summed E-state index contributed by atoms with van der Waals surface area (Å²) in [7, 11) is 0. The van der Waals surface area contributed by atoms with Crippen molar-refractivity contribution in [1.82, 2.24) is 5.32 Å². The molecule has 0 aromatic heterocycles. The highest BCUT2D eigenvalue weighted by molar-refractivity contribution is 9.11. The van der Waals surface area contributed by atoms with Gasteiger partial charge in [-0.1, -0.05) is 36.4 Å². The lowest BCUT2D eigenvalue weighted by molar-refractivity contribution is 0.110. The Kier molecular flexibility index (Phi) is 7.62. The maximum absolute atomic E-state index is 5.38. The predicted octanol–water partition coefficient (Wildman–Crippen LogP) is 2.55. The molecule has 0 bridgehead atoms. The standard InChI is InChI=1S/C10H20BrNO/c1-5-13-7-10(8(2)3)12-6-9(4)11/h8,10,12H,4-7H2,1-3H3/t10-/m0/s1. The molecule has 0 aromatic rings. The molecule has 2 nitrogen and oxygen atoms in total. The SMILES string of the molecule is C=C(Br)CN[C@@H](COCC)C(C)C. The molecule has 0 radical (unpaired) electrons. The lowest BCUT2D eigenvalue weighted by atomic mass is 10.1. The first kappa shape index (κ1) is 13.1. The molecule has 0 unspecified atom stereocenters. The second-order valence-corrected chi connectivity index (χ2v) is 4.53. The first-order valence-electron chi connectivity index (χ1n) is 4.72. The van der Waals surface area contributed by atoms with Crippen molar-refractivity contribution in [3.8, 4) is 0 Å². The quantitative estimate of drug-likeness (QED) is 0.749. The third kappa shape index (κ3) is 7.23. The summed E-state index contributed by atoms with van der Waals surface area (Å²) in [6.45, 7) is 12.5. The van der Waals surface area contributed by atoms with Crippen LogP contribution >= 0.6 is 15.9 Å². The van der Waals surface area contributed by atoms with Crippen molar-refractivity contribution in [1.29, 1.82) is 0 Å². The maximum Gasteiger partial charge on any atom is 0.0622 e. The fraction of sp³-hybridized carbons (Fsp3) is 0.800. The Bertz CT molecular complexity index is 148. The van der Waals surface area contributed by atoms with Gasteiger partial charge in [-0.25, -0.2) is 0 Å². The van der Waals surface area contributed by atoms with Gasteiger partial charge in [0, 0.05) is 23.7 Å². The van der Waals surface area contributed by atoms with Gasteiger partial charge < -0.3 is 10.1 Å². The smallest absolute Gasteiger partial charge is 0.0622 e. The van der Waals surface area contributed by atoms with E-state index >= 15 is 0 Å². The lowest BCUT2D eigenvalue weighted by Crippen LogP contribution is -2.38. The van der Waals surface area contributed by atoms with Gasteiger partial charge in [-0.05, 0) is 12.8 Å². The topological polar surface area (TPSA) is 21.3 Å². The highest BCUT2D eigenvalue weighted by atomic mass is 79.9. The molecule has 13 heavy (non-hydrogen) atoms. The Hall–Kier alpha value is 0.140. The van der Waals surface area contributed by atoms with Gasteiger partial charge in [-0.2, -0.15) is 0 Å². The van der Waals surface area contributed by atoms with Gasteiger partial charge in [0.1, 0.15) is 0 Å². The highest BCUT2D eigenvalue weighted by Crippen LogP contribution is 2.04. The summed E-state index contributed by atoms with van der Waals surface area (Å²) in [6, 6.07) is 0.411. The maximum atomic E-state index is 5.38. The van der Waals surface area contributed by atoms with E-state index in [1.807, 2.05) is 6.92 Å². The zero-order chi connectivity index (χ0) is 10.3. The van der Waals surface area contributed by atoms with E-state index in [1.165, 1.54) is 0 Å². The van der Waals surface area contributed by atoms with Crippen molar-refractivity contribution in [2.75, 3.05) is 19.8 Å². The Morgan fingerprint density at radius 3 is 2.54 bits per heavy atom. The van der Waals surface area contributed by atoms with Crippen molar-refractivity contribution < 1.29 is 4.74 Å². The van der Waals surface area contributed by atoms with E-state index in [4.69, 9.17) is 4.74 Å². The fourth-order valence-corrected chi connectivity index (χ4v) is 1.14. The monoisotopic (exact) mass is 249 g/mol. The molecular weight excluding hydrogens is 230 g/mol. The van der Waals surface area contributed by atoms with Gasteiger partial charge in [-0.3, -0.25) is 0 Å². The van der Waals surface area contributed by atoms with E-state index in [-0.39, 0.29) is 0 Å². The van der Waals surface area contributed by atoms with Crippen molar-refractivity contribution in [3.05, 3.63) is 11.1 Å². The summed E-state index contributed by atoms with van der Waals surface area (Å²) >= 11 is 3.32. The van der Waals surface area contributed by atoms with Crippen LogP contribution in [0.4, 0.5) is 0 Å². The Balaban J connectivity index is 3.73. The molecule has 1 atom stereocenters. The number of hydrogen-bond acceptors (Lipinski definition) is 2. The highest BCUT2D eigenvalue weighted by Gasteiger charge is 2.12. The number of nitrogens with one attached hydrogen (secondary N) is 1. The minimum atomic E-state index is 0.411. The molecule has 0 aromatic carbocycles. The Labute approximate surface area is 89.9 Å². The fourth-order valence-electron chi connectivity index (χ4n) is 0.974. The van der Waals surface area contributed by atoms with E-state index in [0.29, 0.717) is 12.0 Å². The van der Waals surface area contributed by atoms with E-state index in [9.17, 15) is 0 Å². The number of rotatable bonds is 7. The van der Waals surface area contributed by atoms with Gasteiger partial charge in [0.2, 0.25) is 0 Å². The van der Waals surface area contributed by atoms with Crippen LogP contribution in [0.5, 0.6) is 0 Å². The minimum absolute atomic E-state index is 0.411. The zero-order valence-electron chi connectivity index (χ0n) is 8.77. The molecule has 0 heterocycles. The summed E-state index contributed by atoms with van der Waals surface area (Å²) in [6.07, 6.45) is 0. The molecule has 0 aliphatic heterocycles. The largest absolute Gasteiger partial charge is 0.380 e. The summed E-state index contributed by atoms with van der Waals surface area (Å²) in [5, 5.41) is 3.38. The normalized spacial score (nSPS) is 13.3. The van der Waals surface area contributed by atoms with Crippen LogP contribution in [-0.4, -0.2) is 25.8 Å². The van der Waals surface area contributed by atoms with Crippen LogP contribution in [0.25, 0.3) is 0 Å². The first-order valence-corrected chi connectivity index (χ1v) is 5.51. The molecule has 0 saturated heterocycles. The summed E-state index contributed by atoms with van der Waals surface area (Å²) in [5.41, 5.74) is 0. The van der Waals surface area contributed by atoms with Crippen LogP contribution < -0.4 is 5.32 Å². The Morgan fingerprint density at radius 1 is 1.54 bits per heavy atom. The molecular formula is C10H20BrNO. The van der Waals surface area contributed by atoms with Gasteiger partial charge in [0.15, 0.2) is 0 Å². The molecule has 0 amide bonds. The molecule has 78 valence electrons. The summed E-state index contributed by atoms with van der Waals surface area (Å²) < 4.78 is 6.36. The predicted molar refractivity (Wildman–Crippen MR) is 61.2 cm³/mol. The van der Waals surface area contributed by atoms with E-state index in [1.54, 1.807) is 0 Å². The van der Waals surface area contributed by atoms with Crippen molar-refractivity contribution in [2.45, 2.75) is 26.8 Å². The average Bonchev–Trinajstić information content (AvgIpc) is 2.03. The molecule has 0 aliphatic rings. The van der Waals surface area contributed by atoms with Gasteiger partial charge in [0.05, 0.1) is 6.61 Å². The molecule has 3 heteroatoms. The number of hydrogen-bond donors (Lipinski definition) is 1. The van der Waals surface area contributed by atoms with Crippen LogP contribution in [-0.2, 0) is 4.74 Å². The molecule has 0 fully saturated rings. The van der Waals surface area contributed by atoms with Crippen LogP contribution in [0.15, 0.2) is 11.1 Å². The van der Waals surface area contributed by atoms with E-state index in [0.717, 1.165) is 24.2 Å². The van der Waals surface area contributed by atoms with E-state index in [2.05, 4.69) is 41.7 Å². The van der Waals surface area contributed by atoms with Gasteiger partial charge in [0.25, 0.3) is 0 Å². The summed E-state index contributed by atoms with van der Waals surface area (Å²) in [5.74, 6) is 0.582. The van der Waals surface area contributed by atoms with E-state index < -0.39 is 0 Å². The molecule has 0 saturated carbocycles. The molecule has 1 N–H and O–H groups in total. The van der Waals surface area contributed by atoms with Gasteiger partial charge in [-0.15, -0.1) is 0 Å². The number of ether oxygens (including phenoxy) is 1. The van der Waals surface area contributed by atoms with Crippen LogP contribution in [0.3, 0.4) is 0 Å². The second kappa shape index (κ2) is 7.54. The number of halogens is 1. The second-order valence-electron chi connectivity index (χ2n) is 3.41. The lowest BCUT2D eigenvalue weighted by Gasteiger charge is -2.21. The third-order valence-electron chi connectivity index (χ3n) is 1.86. The molecule has 0 aliphatic carbocycles. The minimum Gasteiger partial charge on any atom is -0.380 e. The van der Waals surface area contributed by atoms with Crippen molar-refractivity contribution >= 4 is 15.9 Å². The Morgan fingerprint density at radius 2 is 2.15 bits per heavy atom. The third-order valence-corrected chi connectivity index (χ3v) is 2.14. The molecule has 0 rings (SSSR count). The van der Waals surface area contributed by atoms with Crippen LogP contribution in [0, 0.1) is 5.92 Å². The molecule has 0 spiro atoms. The zero-order valence-corrected chi connectivity index (χ0v) is 10.4.